The third kappa shape index (κ3) is 2.44. The van der Waals surface area contributed by atoms with E-state index in [2.05, 4.69) is 15.9 Å². The molecule has 18 heavy (non-hydrogen) atoms. The topological polar surface area (TPSA) is 43.1 Å². The summed E-state index contributed by atoms with van der Waals surface area (Å²) in [5.74, 6) is 2.81. The normalized spacial score (nSPS) is 30.8. The third-order valence-electron chi connectivity index (χ3n) is 4.37. The number of fused-ring (bicyclic) bond motifs is 1. The molecule has 3 unspecified atom stereocenters. The van der Waals surface area contributed by atoms with Crippen molar-refractivity contribution in [3.63, 3.8) is 0 Å². The van der Waals surface area contributed by atoms with Crippen LogP contribution in [0.15, 0.2) is 24.3 Å². The Hall–Kier alpha value is -0.900. The van der Waals surface area contributed by atoms with Crippen LogP contribution in [0.5, 0.6) is 0 Å². The van der Waals surface area contributed by atoms with Crippen molar-refractivity contribution in [2.75, 3.05) is 0 Å². The molecule has 3 nitrogen and oxygen atoms in total. The Bertz CT molecular complexity index is 449. The summed E-state index contributed by atoms with van der Waals surface area (Å²) in [6, 6.07) is 6.95. The minimum Gasteiger partial charge on any atom is -0.258 e. The van der Waals surface area contributed by atoms with E-state index >= 15 is 0 Å². The van der Waals surface area contributed by atoms with Crippen LogP contribution in [0.25, 0.3) is 0 Å². The molecule has 2 aliphatic rings. The van der Waals surface area contributed by atoms with Crippen molar-refractivity contribution >= 4 is 21.6 Å². The van der Waals surface area contributed by atoms with Gasteiger partial charge in [-0.15, -0.1) is 0 Å². The molecular formula is C14H16BrNO2. The quantitative estimate of drug-likeness (QED) is 0.480. The van der Waals surface area contributed by atoms with Gasteiger partial charge in [0.25, 0.3) is 5.69 Å². The van der Waals surface area contributed by atoms with Gasteiger partial charge in [0.05, 0.1) is 4.92 Å². The first-order valence-electron chi connectivity index (χ1n) is 6.51. The number of halogens is 1. The molecule has 1 aromatic carbocycles. The summed E-state index contributed by atoms with van der Waals surface area (Å²) in [6.45, 7) is 0. The van der Waals surface area contributed by atoms with Crippen LogP contribution in [-0.2, 0) is 6.42 Å². The van der Waals surface area contributed by atoms with E-state index in [1.807, 2.05) is 12.1 Å². The van der Waals surface area contributed by atoms with E-state index in [4.69, 9.17) is 0 Å². The fourth-order valence-electron chi connectivity index (χ4n) is 3.20. The van der Waals surface area contributed by atoms with Crippen molar-refractivity contribution in [3.05, 3.63) is 39.9 Å². The van der Waals surface area contributed by atoms with E-state index in [0.717, 1.165) is 24.2 Å². The highest BCUT2D eigenvalue weighted by molar-refractivity contribution is 9.09. The lowest BCUT2D eigenvalue weighted by Gasteiger charge is -2.18. The first-order valence-corrected chi connectivity index (χ1v) is 7.42. The Morgan fingerprint density at radius 3 is 2.39 bits per heavy atom. The molecule has 2 saturated carbocycles. The fourth-order valence-corrected chi connectivity index (χ4v) is 4.01. The molecule has 3 rings (SSSR count). The first kappa shape index (κ1) is 12.2. The Labute approximate surface area is 115 Å². The lowest BCUT2D eigenvalue weighted by atomic mass is 9.95. The predicted molar refractivity (Wildman–Crippen MR) is 73.8 cm³/mol. The van der Waals surface area contributed by atoms with Gasteiger partial charge in [0.15, 0.2) is 0 Å². The maximum atomic E-state index is 10.6. The fraction of sp³-hybridized carbons (Fsp3) is 0.571. The molecule has 4 heteroatoms. The molecule has 0 radical (unpaired) electrons. The number of hydrogen-bond acceptors (Lipinski definition) is 2. The van der Waals surface area contributed by atoms with Crippen LogP contribution in [-0.4, -0.2) is 9.75 Å². The van der Waals surface area contributed by atoms with Crippen molar-refractivity contribution in [1.29, 1.82) is 0 Å². The molecule has 2 aliphatic carbocycles. The summed E-state index contributed by atoms with van der Waals surface area (Å²) in [5.41, 5.74) is 1.36. The van der Waals surface area contributed by atoms with Gasteiger partial charge in [-0.2, -0.15) is 0 Å². The third-order valence-corrected chi connectivity index (χ3v) is 5.44. The molecule has 1 aromatic rings. The van der Waals surface area contributed by atoms with Crippen molar-refractivity contribution in [2.24, 2.45) is 17.8 Å². The van der Waals surface area contributed by atoms with Gasteiger partial charge in [-0.05, 0) is 49.0 Å². The molecule has 0 N–H and O–H groups in total. The average Bonchev–Trinajstić information content (AvgIpc) is 2.96. The molecular weight excluding hydrogens is 294 g/mol. The second-order valence-corrected chi connectivity index (χ2v) is 6.81. The van der Waals surface area contributed by atoms with E-state index in [1.165, 1.54) is 24.8 Å². The van der Waals surface area contributed by atoms with Crippen LogP contribution in [0.1, 0.15) is 24.8 Å². The number of rotatable bonds is 4. The number of hydrogen-bond donors (Lipinski definition) is 0. The molecule has 0 amide bonds. The number of benzene rings is 1. The zero-order valence-electron chi connectivity index (χ0n) is 10.1. The molecule has 0 spiro atoms. The Morgan fingerprint density at radius 2 is 1.83 bits per heavy atom. The average molecular weight is 310 g/mol. The molecule has 96 valence electrons. The maximum Gasteiger partial charge on any atom is 0.269 e. The minimum atomic E-state index is -0.347. The van der Waals surface area contributed by atoms with Gasteiger partial charge in [0, 0.05) is 17.0 Å². The predicted octanol–water partition coefficient (Wildman–Crippen LogP) is 3.95. The van der Waals surface area contributed by atoms with Crippen molar-refractivity contribution in [3.8, 4) is 0 Å². The van der Waals surface area contributed by atoms with E-state index in [0.29, 0.717) is 4.83 Å². The highest BCUT2D eigenvalue weighted by atomic mass is 79.9. The smallest absolute Gasteiger partial charge is 0.258 e. The highest BCUT2D eigenvalue weighted by Crippen LogP contribution is 2.56. The summed E-state index contributed by atoms with van der Waals surface area (Å²) in [6.07, 6.45) is 5.16. The SMILES string of the molecule is O=[N+]([O-])c1ccc(CC(Br)C2CC3CC3C2)cc1. The van der Waals surface area contributed by atoms with Crippen LogP contribution in [0.4, 0.5) is 5.69 Å². The summed E-state index contributed by atoms with van der Waals surface area (Å²) in [5, 5.41) is 10.6. The van der Waals surface area contributed by atoms with Crippen LogP contribution in [0, 0.1) is 27.9 Å². The second kappa shape index (κ2) is 4.65. The largest absolute Gasteiger partial charge is 0.269 e. The van der Waals surface area contributed by atoms with Crippen LogP contribution in [0.2, 0.25) is 0 Å². The number of non-ortho nitro benzene ring substituents is 1. The lowest BCUT2D eigenvalue weighted by molar-refractivity contribution is -0.384. The van der Waals surface area contributed by atoms with Gasteiger partial charge >= 0.3 is 0 Å². The Morgan fingerprint density at radius 1 is 1.22 bits per heavy atom. The number of alkyl halides is 1. The van der Waals surface area contributed by atoms with Crippen molar-refractivity contribution in [2.45, 2.75) is 30.5 Å². The van der Waals surface area contributed by atoms with Crippen LogP contribution < -0.4 is 0 Å². The van der Waals surface area contributed by atoms with E-state index in [9.17, 15) is 10.1 Å². The van der Waals surface area contributed by atoms with Gasteiger partial charge in [-0.1, -0.05) is 28.1 Å². The molecule has 0 saturated heterocycles. The zero-order valence-corrected chi connectivity index (χ0v) is 11.7. The van der Waals surface area contributed by atoms with Gasteiger partial charge in [0.1, 0.15) is 0 Å². The molecule has 0 aromatic heterocycles. The number of nitrogens with zero attached hydrogens (tertiary/aromatic N) is 1. The van der Waals surface area contributed by atoms with Gasteiger partial charge in [0.2, 0.25) is 0 Å². The van der Waals surface area contributed by atoms with E-state index < -0.39 is 0 Å². The van der Waals surface area contributed by atoms with Gasteiger partial charge in [-0.25, -0.2) is 0 Å². The number of nitro groups is 1. The maximum absolute atomic E-state index is 10.6. The Kier molecular flexibility index (Phi) is 3.14. The van der Waals surface area contributed by atoms with Gasteiger partial charge < -0.3 is 0 Å². The monoisotopic (exact) mass is 309 g/mol. The van der Waals surface area contributed by atoms with E-state index in [1.54, 1.807) is 12.1 Å². The minimum absolute atomic E-state index is 0.173. The van der Waals surface area contributed by atoms with Crippen molar-refractivity contribution < 1.29 is 4.92 Å². The van der Waals surface area contributed by atoms with Crippen molar-refractivity contribution in [1.82, 2.24) is 0 Å². The molecule has 0 heterocycles. The lowest BCUT2D eigenvalue weighted by Crippen LogP contribution is -2.15. The Balaban J connectivity index is 1.59. The standard InChI is InChI=1S/C14H16BrNO2/c15-14(12-7-10-6-11(10)8-12)5-9-1-3-13(4-2-9)16(17)18/h1-4,10-12,14H,5-8H2. The van der Waals surface area contributed by atoms with Crippen LogP contribution in [0.3, 0.4) is 0 Å². The summed E-state index contributed by atoms with van der Waals surface area (Å²) in [7, 11) is 0. The molecule has 3 atom stereocenters. The second-order valence-electron chi connectivity index (χ2n) is 5.63. The highest BCUT2D eigenvalue weighted by Gasteiger charge is 2.47. The summed E-state index contributed by atoms with van der Waals surface area (Å²) >= 11 is 3.80. The number of nitro benzene ring substituents is 1. The van der Waals surface area contributed by atoms with E-state index in [-0.39, 0.29) is 10.6 Å². The summed E-state index contributed by atoms with van der Waals surface area (Å²) in [4.78, 5) is 10.8. The van der Waals surface area contributed by atoms with Crippen LogP contribution >= 0.6 is 15.9 Å². The summed E-state index contributed by atoms with van der Waals surface area (Å²) < 4.78 is 0. The molecule has 2 fully saturated rings. The molecule has 0 aliphatic heterocycles. The zero-order chi connectivity index (χ0) is 12.7. The molecule has 0 bridgehead atoms. The van der Waals surface area contributed by atoms with Gasteiger partial charge in [-0.3, -0.25) is 10.1 Å². The first-order chi connectivity index (χ1) is 8.63.